The molecule has 27 heavy (non-hydrogen) atoms. The number of nitro benzene ring substituents is 1. The molecular formula is C19H13N3O5. The van der Waals surface area contributed by atoms with E-state index in [1.165, 1.54) is 35.2 Å². The Hall–Kier alpha value is -3.81. The molecule has 0 aliphatic carbocycles. The molecule has 8 heteroatoms. The van der Waals surface area contributed by atoms with E-state index in [1.807, 2.05) is 19.1 Å². The van der Waals surface area contributed by atoms with Gasteiger partial charge in [-0.15, -0.1) is 0 Å². The van der Waals surface area contributed by atoms with Crippen molar-refractivity contribution < 1.29 is 9.34 Å². The van der Waals surface area contributed by atoms with Crippen LogP contribution in [0.25, 0.3) is 21.9 Å². The number of aryl methyl sites for hydroxylation is 1. The summed E-state index contributed by atoms with van der Waals surface area (Å²) in [6.07, 6.45) is 1.32. The first-order chi connectivity index (χ1) is 12.9. The highest BCUT2D eigenvalue weighted by Crippen LogP contribution is 2.20. The number of hydrogen-bond donors (Lipinski definition) is 0. The minimum Gasteiger partial charge on any atom is -0.423 e. The lowest BCUT2D eigenvalue weighted by Gasteiger charge is -2.09. The van der Waals surface area contributed by atoms with Gasteiger partial charge in [-0.05, 0) is 30.2 Å². The van der Waals surface area contributed by atoms with Crippen molar-refractivity contribution in [3.8, 4) is 0 Å². The lowest BCUT2D eigenvalue weighted by molar-refractivity contribution is -0.384. The first-order valence-corrected chi connectivity index (χ1v) is 8.09. The zero-order chi connectivity index (χ0) is 19.1. The maximum absolute atomic E-state index is 12.7. The fourth-order valence-corrected chi connectivity index (χ4v) is 3.02. The smallest absolute Gasteiger partial charge is 0.336 e. The third-order valence-corrected chi connectivity index (χ3v) is 4.35. The second-order valence-corrected chi connectivity index (χ2v) is 6.23. The van der Waals surface area contributed by atoms with E-state index >= 15 is 0 Å². The third-order valence-electron chi connectivity index (χ3n) is 4.35. The van der Waals surface area contributed by atoms with E-state index in [2.05, 4.69) is 4.98 Å². The minimum atomic E-state index is -0.538. The van der Waals surface area contributed by atoms with Crippen molar-refractivity contribution in [1.29, 1.82) is 0 Å². The van der Waals surface area contributed by atoms with Gasteiger partial charge < -0.3 is 4.42 Å². The maximum Gasteiger partial charge on any atom is 0.336 e. The first-order valence-electron chi connectivity index (χ1n) is 8.09. The first kappa shape index (κ1) is 16.6. The third kappa shape index (κ3) is 2.97. The van der Waals surface area contributed by atoms with E-state index < -0.39 is 10.5 Å². The summed E-state index contributed by atoms with van der Waals surface area (Å²) in [5, 5.41) is 11.9. The lowest BCUT2D eigenvalue weighted by atomic mass is 10.1. The van der Waals surface area contributed by atoms with E-state index in [-0.39, 0.29) is 28.7 Å². The van der Waals surface area contributed by atoms with Crippen LogP contribution in [0.1, 0.15) is 11.1 Å². The Morgan fingerprint density at radius 1 is 1.11 bits per heavy atom. The lowest BCUT2D eigenvalue weighted by Crippen LogP contribution is -2.22. The largest absolute Gasteiger partial charge is 0.423 e. The number of nitrogens with zero attached hydrogens (tertiary/aromatic N) is 3. The molecule has 0 bridgehead atoms. The van der Waals surface area contributed by atoms with Gasteiger partial charge in [-0.2, -0.15) is 0 Å². The van der Waals surface area contributed by atoms with Gasteiger partial charge in [-0.1, -0.05) is 12.1 Å². The Balaban J connectivity index is 1.85. The number of nitro groups is 1. The van der Waals surface area contributed by atoms with Gasteiger partial charge in [0.15, 0.2) is 0 Å². The average molecular weight is 363 g/mol. The van der Waals surface area contributed by atoms with E-state index in [4.69, 9.17) is 4.42 Å². The minimum absolute atomic E-state index is 0.129. The molecule has 4 rings (SSSR count). The molecule has 2 aromatic heterocycles. The van der Waals surface area contributed by atoms with Gasteiger partial charge in [0.05, 0.1) is 28.7 Å². The number of non-ortho nitro benzene ring substituents is 1. The molecule has 0 radical (unpaired) electrons. The van der Waals surface area contributed by atoms with Crippen molar-refractivity contribution in [3.05, 3.63) is 90.8 Å². The van der Waals surface area contributed by atoms with E-state index in [0.717, 1.165) is 10.9 Å². The number of benzene rings is 2. The van der Waals surface area contributed by atoms with Crippen LogP contribution >= 0.6 is 0 Å². The predicted molar refractivity (Wildman–Crippen MR) is 99.0 cm³/mol. The Morgan fingerprint density at radius 3 is 2.67 bits per heavy atom. The van der Waals surface area contributed by atoms with Crippen LogP contribution in [0, 0.1) is 17.0 Å². The van der Waals surface area contributed by atoms with Crippen LogP contribution in [0.5, 0.6) is 0 Å². The van der Waals surface area contributed by atoms with Crippen molar-refractivity contribution in [1.82, 2.24) is 9.55 Å². The van der Waals surface area contributed by atoms with Gasteiger partial charge in [0.1, 0.15) is 5.58 Å². The molecule has 0 spiro atoms. The Morgan fingerprint density at radius 2 is 1.89 bits per heavy atom. The zero-order valence-electron chi connectivity index (χ0n) is 14.2. The van der Waals surface area contributed by atoms with Crippen molar-refractivity contribution in [2.45, 2.75) is 13.5 Å². The maximum atomic E-state index is 12.7. The molecule has 0 N–H and O–H groups in total. The summed E-state index contributed by atoms with van der Waals surface area (Å²) in [4.78, 5) is 39.1. The fraction of sp³-hybridized carbons (Fsp3) is 0.105. The van der Waals surface area contributed by atoms with Crippen molar-refractivity contribution >= 4 is 27.6 Å². The fourth-order valence-electron chi connectivity index (χ4n) is 3.02. The van der Waals surface area contributed by atoms with Crippen LogP contribution in [0.2, 0.25) is 0 Å². The molecule has 4 aromatic rings. The standard InChI is InChI=1S/C19H13N3O5/c1-11-2-4-14-12(7-18(23)27-17(14)6-11)9-21-10-20-16-8-13(22(25)26)3-5-15(16)19(21)24/h2-8,10H,9H2,1H3. The summed E-state index contributed by atoms with van der Waals surface area (Å²) in [7, 11) is 0. The monoisotopic (exact) mass is 363 g/mol. The molecule has 0 aliphatic heterocycles. The molecule has 2 heterocycles. The van der Waals surface area contributed by atoms with Gasteiger partial charge in [-0.25, -0.2) is 9.78 Å². The Labute approximate surface area is 151 Å². The summed E-state index contributed by atoms with van der Waals surface area (Å²) in [6.45, 7) is 2.02. The summed E-state index contributed by atoms with van der Waals surface area (Å²) in [6, 6.07) is 10.8. The zero-order valence-corrected chi connectivity index (χ0v) is 14.2. The van der Waals surface area contributed by atoms with Crippen molar-refractivity contribution in [2.75, 3.05) is 0 Å². The van der Waals surface area contributed by atoms with Gasteiger partial charge in [-0.3, -0.25) is 19.5 Å². The Bertz CT molecular complexity index is 1340. The van der Waals surface area contributed by atoms with Crippen LogP contribution in [0.4, 0.5) is 5.69 Å². The normalized spacial score (nSPS) is 11.1. The van der Waals surface area contributed by atoms with Gasteiger partial charge in [0, 0.05) is 23.6 Å². The summed E-state index contributed by atoms with van der Waals surface area (Å²) in [5.74, 6) is 0. The highest BCUT2D eigenvalue weighted by molar-refractivity contribution is 5.81. The number of hydrogen-bond acceptors (Lipinski definition) is 6. The average Bonchev–Trinajstić information content (AvgIpc) is 2.63. The second kappa shape index (κ2) is 6.17. The number of aromatic nitrogens is 2. The van der Waals surface area contributed by atoms with Crippen LogP contribution in [0.15, 0.2) is 62.8 Å². The van der Waals surface area contributed by atoms with Crippen LogP contribution < -0.4 is 11.2 Å². The van der Waals surface area contributed by atoms with Crippen molar-refractivity contribution in [2.24, 2.45) is 0 Å². The predicted octanol–water partition coefficient (Wildman–Crippen LogP) is 2.77. The molecule has 2 aromatic carbocycles. The molecule has 0 saturated carbocycles. The number of rotatable bonds is 3. The molecule has 0 amide bonds. The molecule has 0 fully saturated rings. The topological polar surface area (TPSA) is 108 Å². The van der Waals surface area contributed by atoms with Crippen molar-refractivity contribution in [3.63, 3.8) is 0 Å². The molecule has 0 saturated heterocycles. The second-order valence-electron chi connectivity index (χ2n) is 6.23. The van der Waals surface area contributed by atoms with Crippen LogP contribution in [0.3, 0.4) is 0 Å². The van der Waals surface area contributed by atoms with Gasteiger partial charge in [0.2, 0.25) is 0 Å². The highest BCUT2D eigenvalue weighted by Gasteiger charge is 2.12. The van der Waals surface area contributed by atoms with Gasteiger partial charge >= 0.3 is 5.63 Å². The molecular weight excluding hydrogens is 350 g/mol. The summed E-state index contributed by atoms with van der Waals surface area (Å²) < 4.78 is 6.60. The number of fused-ring (bicyclic) bond motifs is 2. The summed E-state index contributed by atoms with van der Waals surface area (Å²) in [5.41, 5.74) is 1.31. The van der Waals surface area contributed by atoms with E-state index in [9.17, 15) is 19.7 Å². The van der Waals surface area contributed by atoms with Gasteiger partial charge in [0.25, 0.3) is 11.2 Å². The Kier molecular flexibility index (Phi) is 3.80. The summed E-state index contributed by atoms with van der Waals surface area (Å²) >= 11 is 0. The molecule has 8 nitrogen and oxygen atoms in total. The highest BCUT2D eigenvalue weighted by atomic mass is 16.6. The molecule has 0 aliphatic rings. The molecule has 134 valence electrons. The SMILES string of the molecule is Cc1ccc2c(Cn3cnc4cc([N+](=O)[O-])ccc4c3=O)cc(=O)oc2c1. The van der Waals surface area contributed by atoms with E-state index in [1.54, 1.807) is 6.07 Å². The van der Waals surface area contributed by atoms with Crippen LogP contribution in [-0.4, -0.2) is 14.5 Å². The quantitative estimate of drug-likeness (QED) is 0.315. The van der Waals surface area contributed by atoms with Crippen LogP contribution in [-0.2, 0) is 6.54 Å². The van der Waals surface area contributed by atoms with E-state index in [0.29, 0.717) is 11.1 Å². The molecule has 0 atom stereocenters. The molecule has 0 unspecified atom stereocenters.